The Hall–Kier alpha value is -0.710. The van der Waals surface area contributed by atoms with Gasteiger partial charge in [-0.05, 0) is 33.4 Å². The van der Waals surface area contributed by atoms with E-state index in [2.05, 4.69) is 17.6 Å². The second-order valence-electron chi connectivity index (χ2n) is 4.98. The van der Waals surface area contributed by atoms with Crippen LogP contribution in [0.5, 0.6) is 0 Å². The highest BCUT2D eigenvalue weighted by molar-refractivity contribution is 7.99. The average Bonchev–Trinajstić information content (AvgIpc) is 2.15. The maximum absolute atomic E-state index is 11.7. The molecule has 0 rings (SSSR count). The third-order valence-electron chi connectivity index (χ3n) is 1.95. The van der Waals surface area contributed by atoms with Crippen molar-refractivity contribution in [1.29, 1.82) is 0 Å². The van der Waals surface area contributed by atoms with Gasteiger partial charge in [-0.1, -0.05) is 6.92 Å². The van der Waals surface area contributed by atoms with Crippen LogP contribution in [0.15, 0.2) is 0 Å². The van der Waals surface area contributed by atoms with Gasteiger partial charge in [0.1, 0.15) is 6.04 Å². The van der Waals surface area contributed by atoms with Crippen LogP contribution in [-0.2, 0) is 9.59 Å². The monoisotopic (exact) mass is 260 g/mol. The summed E-state index contributed by atoms with van der Waals surface area (Å²) >= 11 is 1.72. The molecule has 0 aliphatic heterocycles. The van der Waals surface area contributed by atoms with Crippen LogP contribution < -0.4 is 10.6 Å². The molecule has 1 unspecified atom stereocenters. The van der Waals surface area contributed by atoms with E-state index in [1.165, 1.54) is 0 Å². The van der Waals surface area contributed by atoms with Gasteiger partial charge in [0.05, 0.1) is 0 Å². The Bertz CT molecular complexity index is 262. The first-order chi connectivity index (χ1) is 7.76. The van der Waals surface area contributed by atoms with Crippen molar-refractivity contribution in [1.82, 2.24) is 10.6 Å². The molecule has 0 aromatic heterocycles. The Morgan fingerprint density at radius 1 is 1.29 bits per heavy atom. The lowest BCUT2D eigenvalue weighted by molar-refractivity contribution is -0.129. The van der Waals surface area contributed by atoms with Crippen LogP contribution in [0.4, 0.5) is 0 Å². The van der Waals surface area contributed by atoms with Crippen molar-refractivity contribution in [2.24, 2.45) is 0 Å². The molecule has 0 radical (unpaired) electrons. The Kier molecular flexibility index (Phi) is 7.27. The van der Waals surface area contributed by atoms with Crippen molar-refractivity contribution in [3.8, 4) is 0 Å². The van der Waals surface area contributed by atoms with Crippen LogP contribution in [0.3, 0.4) is 0 Å². The summed E-state index contributed by atoms with van der Waals surface area (Å²) in [6.45, 7) is 9.50. The predicted molar refractivity (Wildman–Crippen MR) is 73.1 cm³/mol. The normalized spacial score (nSPS) is 13.0. The molecule has 0 bridgehead atoms. The molecule has 4 nitrogen and oxygen atoms in total. The van der Waals surface area contributed by atoms with Gasteiger partial charge < -0.3 is 10.6 Å². The summed E-state index contributed by atoms with van der Waals surface area (Å²) in [5, 5.41) is 5.53. The van der Waals surface area contributed by atoms with E-state index >= 15 is 0 Å². The van der Waals surface area contributed by atoms with Crippen molar-refractivity contribution in [2.45, 2.75) is 52.6 Å². The summed E-state index contributed by atoms with van der Waals surface area (Å²) in [4.78, 5) is 23.2. The highest BCUT2D eigenvalue weighted by atomic mass is 32.2. The van der Waals surface area contributed by atoms with Gasteiger partial charge in [0, 0.05) is 17.7 Å². The number of thioether (sulfide) groups is 1. The lowest BCUT2D eigenvalue weighted by Crippen LogP contribution is -2.50. The Balaban J connectivity index is 3.95. The molecule has 0 aromatic rings. The van der Waals surface area contributed by atoms with E-state index in [0.29, 0.717) is 6.42 Å². The van der Waals surface area contributed by atoms with E-state index in [4.69, 9.17) is 0 Å². The summed E-state index contributed by atoms with van der Waals surface area (Å²) in [6, 6.07) is -0.478. The molecule has 17 heavy (non-hydrogen) atoms. The minimum absolute atomic E-state index is 0.0671. The van der Waals surface area contributed by atoms with Gasteiger partial charge >= 0.3 is 0 Å². The molecular formula is C12H24N2O2S. The standard InChI is InChI=1S/C12H24N2O2S/c1-6-17-8-7-10(15)13-9(2)11(16)14-12(3,4)5/h9H,6-8H2,1-5H3,(H,13,15)(H,14,16). The molecule has 0 fully saturated rings. The molecule has 2 amide bonds. The lowest BCUT2D eigenvalue weighted by atomic mass is 10.1. The van der Waals surface area contributed by atoms with E-state index in [9.17, 15) is 9.59 Å². The third-order valence-corrected chi connectivity index (χ3v) is 2.85. The van der Waals surface area contributed by atoms with Gasteiger partial charge in [0.2, 0.25) is 11.8 Å². The number of carbonyl (C=O) groups excluding carboxylic acids is 2. The second-order valence-corrected chi connectivity index (χ2v) is 6.37. The number of hydrogen-bond donors (Lipinski definition) is 2. The van der Waals surface area contributed by atoms with Gasteiger partial charge in [-0.2, -0.15) is 11.8 Å². The SMILES string of the molecule is CCSCCC(=O)NC(C)C(=O)NC(C)(C)C. The van der Waals surface area contributed by atoms with Crippen LogP contribution in [0, 0.1) is 0 Å². The molecular weight excluding hydrogens is 236 g/mol. The molecule has 0 aliphatic carbocycles. The van der Waals surface area contributed by atoms with Crippen LogP contribution in [-0.4, -0.2) is 34.9 Å². The smallest absolute Gasteiger partial charge is 0.242 e. The van der Waals surface area contributed by atoms with Gasteiger partial charge in [0.25, 0.3) is 0 Å². The largest absolute Gasteiger partial charge is 0.350 e. The maximum Gasteiger partial charge on any atom is 0.242 e. The zero-order valence-corrected chi connectivity index (χ0v) is 12.2. The van der Waals surface area contributed by atoms with Crippen LogP contribution in [0.1, 0.15) is 41.0 Å². The minimum Gasteiger partial charge on any atom is -0.350 e. The zero-order valence-electron chi connectivity index (χ0n) is 11.4. The van der Waals surface area contributed by atoms with Crippen molar-refractivity contribution in [2.75, 3.05) is 11.5 Å². The maximum atomic E-state index is 11.7. The van der Waals surface area contributed by atoms with Gasteiger partial charge in [-0.3, -0.25) is 9.59 Å². The van der Waals surface area contributed by atoms with E-state index in [0.717, 1.165) is 11.5 Å². The van der Waals surface area contributed by atoms with Crippen molar-refractivity contribution in [3.63, 3.8) is 0 Å². The molecule has 0 saturated carbocycles. The highest BCUT2D eigenvalue weighted by Crippen LogP contribution is 2.02. The van der Waals surface area contributed by atoms with Crippen molar-refractivity contribution in [3.05, 3.63) is 0 Å². The average molecular weight is 260 g/mol. The Morgan fingerprint density at radius 3 is 2.35 bits per heavy atom. The Morgan fingerprint density at radius 2 is 1.88 bits per heavy atom. The molecule has 0 heterocycles. The molecule has 0 aliphatic rings. The van der Waals surface area contributed by atoms with E-state index in [1.54, 1.807) is 18.7 Å². The third kappa shape index (κ3) is 9.03. The number of hydrogen-bond acceptors (Lipinski definition) is 3. The first-order valence-electron chi connectivity index (χ1n) is 5.95. The quantitative estimate of drug-likeness (QED) is 0.712. The predicted octanol–water partition coefficient (Wildman–Crippen LogP) is 1.55. The number of nitrogens with one attached hydrogen (secondary N) is 2. The van der Waals surface area contributed by atoms with E-state index < -0.39 is 6.04 Å². The molecule has 0 aromatic carbocycles. The summed E-state index contributed by atoms with van der Waals surface area (Å²) in [5.74, 6) is 1.60. The van der Waals surface area contributed by atoms with Gasteiger partial charge in [-0.25, -0.2) is 0 Å². The topological polar surface area (TPSA) is 58.2 Å². The molecule has 100 valence electrons. The fourth-order valence-electron chi connectivity index (χ4n) is 1.17. The van der Waals surface area contributed by atoms with Crippen LogP contribution in [0.2, 0.25) is 0 Å². The van der Waals surface area contributed by atoms with E-state index in [-0.39, 0.29) is 17.4 Å². The molecule has 0 spiro atoms. The lowest BCUT2D eigenvalue weighted by Gasteiger charge is -2.23. The Labute approximate surface area is 108 Å². The van der Waals surface area contributed by atoms with Crippen LogP contribution in [0.25, 0.3) is 0 Å². The highest BCUT2D eigenvalue weighted by Gasteiger charge is 2.20. The summed E-state index contributed by atoms with van der Waals surface area (Å²) in [6.07, 6.45) is 0.464. The fraction of sp³-hybridized carbons (Fsp3) is 0.833. The minimum atomic E-state index is -0.478. The summed E-state index contributed by atoms with van der Waals surface area (Å²) in [5.41, 5.74) is -0.270. The zero-order chi connectivity index (χ0) is 13.5. The van der Waals surface area contributed by atoms with Crippen molar-refractivity contribution < 1.29 is 9.59 Å². The second kappa shape index (κ2) is 7.58. The molecule has 0 saturated heterocycles. The van der Waals surface area contributed by atoms with Gasteiger partial charge in [-0.15, -0.1) is 0 Å². The first kappa shape index (κ1) is 16.3. The summed E-state index contributed by atoms with van der Waals surface area (Å²) in [7, 11) is 0. The van der Waals surface area contributed by atoms with E-state index in [1.807, 2.05) is 20.8 Å². The fourth-order valence-corrected chi connectivity index (χ4v) is 1.78. The molecule has 2 N–H and O–H groups in total. The number of rotatable bonds is 6. The number of amides is 2. The van der Waals surface area contributed by atoms with Gasteiger partial charge in [0.15, 0.2) is 0 Å². The van der Waals surface area contributed by atoms with Crippen LogP contribution >= 0.6 is 11.8 Å². The number of carbonyl (C=O) groups is 2. The van der Waals surface area contributed by atoms with Crippen molar-refractivity contribution >= 4 is 23.6 Å². The first-order valence-corrected chi connectivity index (χ1v) is 7.11. The molecule has 5 heteroatoms. The summed E-state index contributed by atoms with van der Waals surface area (Å²) < 4.78 is 0. The molecule has 1 atom stereocenters.